The molecule has 1 aromatic carbocycles. The number of nitrogens with zero attached hydrogens (tertiary/aromatic N) is 1. The number of likely N-dealkylation sites (tertiary alicyclic amines) is 1. The molecule has 0 radical (unpaired) electrons. The van der Waals surface area contributed by atoms with Gasteiger partial charge in [-0.2, -0.15) is 0 Å². The molecule has 21 heavy (non-hydrogen) atoms. The maximum absolute atomic E-state index is 10.5. The predicted octanol–water partition coefficient (Wildman–Crippen LogP) is 2.54. The van der Waals surface area contributed by atoms with Crippen LogP contribution in [0.3, 0.4) is 0 Å². The van der Waals surface area contributed by atoms with E-state index in [-0.39, 0.29) is 12.1 Å². The summed E-state index contributed by atoms with van der Waals surface area (Å²) in [5.41, 5.74) is 2.63. The fourth-order valence-electron chi connectivity index (χ4n) is 3.75. The van der Waals surface area contributed by atoms with Crippen LogP contribution in [0.1, 0.15) is 36.8 Å². The molecule has 116 valence electrons. The third-order valence-electron chi connectivity index (χ3n) is 5.01. The van der Waals surface area contributed by atoms with Gasteiger partial charge in [-0.25, -0.2) is 0 Å². The van der Waals surface area contributed by atoms with Gasteiger partial charge in [-0.05, 0) is 51.1 Å². The highest BCUT2D eigenvalue weighted by molar-refractivity contribution is 5.22. The Morgan fingerprint density at radius 2 is 1.86 bits per heavy atom. The quantitative estimate of drug-likeness (QED) is 0.928. The molecule has 0 saturated carbocycles. The molecule has 0 bridgehead atoms. The molecule has 2 aliphatic rings. The van der Waals surface area contributed by atoms with Crippen LogP contribution in [0.5, 0.6) is 0 Å². The zero-order valence-electron chi connectivity index (χ0n) is 13.0. The Morgan fingerprint density at radius 3 is 2.57 bits per heavy atom. The minimum Gasteiger partial charge on any atom is -0.391 e. The van der Waals surface area contributed by atoms with E-state index in [4.69, 9.17) is 4.74 Å². The van der Waals surface area contributed by atoms with Gasteiger partial charge >= 0.3 is 0 Å². The Kier molecular flexibility index (Phi) is 4.94. The van der Waals surface area contributed by atoms with Gasteiger partial charge in [0.1, 0.15) is 0 Å². The lowest BCUT2D eigenvalue weighted by Gasteiger charge is -2.45. The van der Waals surface area contributed by atoms with Crippen LogP contribution >= 0.6 is 0 Å². The first kappa shape index (κ1) is 15.0. The maximum atomic E-state index is 10.5. The number of aliphatic hydroxyl groups excluding tert-OH is 1. The van der Waals surface area contributed by atoms with Crippen molar-refractivity contribution in [2.45, 2.75) is 57.2 Å². The molecule has 2 aliphatic heterocycles. The van der Waals surface area contributed by atoms with E-state index in [0.29, 0.717) is 6.04 Å². The SMILES string of the molecule is Cc1ccc(C[C@H]2[C@@H](O)CCCN2C2CCOCC2)cc1. The number of hydrogen-bond donors (Lipinski definition) is 1. The molecule has 2 heterocycles. The molecule has 0 unspecified atom stereocenters. The molecule has 3 heteroatoms. The minimum absolute atomic E-state index is 0.192. The summed E-state index contributed by atoms with van der Waals surface area (Å²) < 4.78 is 5.49. The lowest BCUT2D eigenvalue weighted by Crippen LogP contribution is -2.55. The Bertz CT molecular complexity index is 439. The van der Waals surface area contributed by atoms with Crippen molar-refractivity contribution in [3.63, 3.8) is 0 Å². The molecular formula is C18H27NO2. The summed E-state index contributed by atoms with van der Waals surface area (Å²) in [4.78, 5) is 2.57. The number of ether oxygens (including phenoxy) is 1. The van der Waals surface area contributed by atoms with Crippen LogP contribution in [0.2, 0.25) is 0 Å². The van der Waals surface area contributed by atoms with Gasteiger partial charge in [0.15, 0.2) is 0 Å². The molecule has 2 atom stereocenters. The summed E-state index contributed by atoms with van der Waals surface area (Å²) in [6.07, 6.45) is 5.04. The molecule has 1 N–H and O–H groups in total. The Labute approximate surface area is 127 Å². The largest absolute Gasteiger partial charge is 0.391 e. The van der Waals surface area contributed by atoms with Crippen molar-refractivity contribution in [1.29, 1.82) is 0 Å². The van der Waals surface area contributed by atoms with Gasteiger partial charge in [0.2, 0.25) is 0 Å². The fraction of sp³-hybridized carbons (Fsp3) is 0.667. The minimum atomic E-state index is -0.192. The maximum Gasteiger partial charge on any atom is 0.0699 e. The van der Waals surface area contributed by atoms with Crippen molar-refractivity contribution in [3.8, 4) is 0 Å². The molecule has 3 rings (SSSR count). The third-order valence-corrected chi connectivity index (χ3v) is 5.01. The molecule has 3 nitrogen and oxygen atoms in total. The number of hydrogen-bond acceptors (Lipinski definition) is 3. The number of piperidine rings is 1. The zero-order chi connectivity index (χ0) is 14.7. The van der Waals surface area contributed by atoms with Gasteiger partial charge in [-0.15, -0.1) is 0 Å². The summed E-state index contributed by atoms with van der Waals surface area (Å²) in [5.74, 6) is 0. The summed E-state index contributed by atoms with van der Waals surface area (Å²) in [7, 11) is 0. The molecule has 0 amide bonds. The smallest absolute Gasteiger partial charge is 0.0699 e. The van der Waals surface area contributed by atoms with E-state index >= 15 is 0 Å². The summed E-state index contributed by atoms with van der Waals surface area (Å²) in [5, 5.41) is 10.5. The van der Waals surface area contributed by atoms with Crippen LogP contribution in [0.4, 0.5) is 0 Å². The van der Waals surface area contributed by atoms with Gasteiger partial charge in [-0.3, -0.25) is 4.90 Å². The molecular weight excluding hydrogens is 262 g/mol. The predicted molar refractivity (Wildman–Crippen MR) is 84.5 cm³/mol. The first-order valence-corrected chi connectivity index (χ1v) is 8.31. The Balaban J connectivity index is 1.72. The van der Waals surface area contributed by atoms with Crippen molar-refractivity contribution >= 4 is 0 Å². The molecule has 0 aliphatic carbocycles. The van der Waals surface area contributed by atoms with Gasteiger partial charge in [0, 0.05) is 25.3 Å². The average Bonchev–Trinajstić information content (AvgIpc) is 2.52. The van der Waals surface area contributed by atoms with Gasteiger partial charge < -0.3 is 9.84 Å². The summed E-state index contributed by atoms with van der Waals surface area (Å²) in [6.45, 7) is 4.98. The number of aryl methyl sites for hydroxylation is 1. The number of aliphatic hydroxyl groups is 1. The van der Waals surface area contributed by atoms with E-state index in [1.165, 1.54) is 11.1 Å². The first-order chi connectivity index (χ1) is 10.2. The van der Waals surface area contributed by atoms with E-state index in [1.54, 1.807) is 0 Å². The number of benzene rings is 1. The monoisotopic (exact) mass is 289 g/mol. The molecule has 0 aromatic heterocycles. The van der Waals surface area contributed by atoms with Crippen molar-refractivity contribution in [3.05, 3.63) is 35.4 Å². The highest BCUT2D eigenvalue weighted by Gasteiger charge is 2.35. The molecule has 0 spiro atoms. The Morgan fingerprint density at radius 1 is 1.14 bits per heavy atom. The van der Waals surface area contributed by atoms with Crippen LogP contribution in [-0.4, -0.2) is 48.0 Å². The van der Waals surface area contributed by atoms with E-state index in [9.17, 15) is 5.11 Å². The van der Waals surface area contributed by atoms with E-state index in [0.717, 1.165) is 51.9 Å². The lowest BCUT2D eigenvalue weighted by molar-refractivity contribution is -0.0436. The van der Waals surface area contributed by atoms with Crippen molar-refractivity contribution in [2.75, 3.05) is 19.8 Å². The van der Waals surface area contributed by atoms with E-state index < -0.39 is 0 Å². The second kappa shape index (κ2) is 6.91. The van der Waals surface area contributed by atoms with Gasteiger partial charge in [0.05, 0.1) is 6.10 Å². The second-order valence-electron chi connectivity index (χ2n) is 6.55. The number of rotatable bonds is 3. The van der Waals surface area contributed by atoms with Crippen molar-refractivity contribution in [2.24, 2.45) is 0 Å². The van der Waals surface area contributed by atoms with Crippen LogP contribution in [0.25, 0.3) is 0 Å². The zero-order valence-corrected chi connectivity index (χ0v) is 13.0. The van der Waals surface area contributed by atoms with Gasteiger partial charge in [-0.1, -0.05) is 29.8 Å². The van der Waals surface area contributed by atoms with Gasteiger partial charge in [0.25, 0.3) is 0 Å². The van der Waals surface area contributed by atoms with Crippen LogP contribution in [0.15, 0.2) is 24.3 Å². The Hall–Kier alpha value is -0.900. The first-order valence-electron chi connectivity index (χ1n) is 8.31. The highest BCUT2D eigenvalue weighted by atomic mass is 16.5. The third kappa shape index (κ3) is 3.65. The second-order valence-corrected chi connectivity index (χ2v) is 6.55. The lowest BCUT2D eigenvalue weighted by atomic mass is 9.90. The molecule has 2 fully saturated rings. The molecule has 2 saturated heterocycles. The fourth-order valence-corrected chi connectivity index (χ4v) is 3.75. The average molecular weight is 289 g/mol. The summed E-state index contributed by atoms with van der Waals surface area (Å²) in [6, 6.07) is 9.61. The van der Waals surface area contributed by atoms with Crippen LogP contribution < -0.4 is 0 Å². The summed E-state index contributed by atoms with van der Waals surface area (Å²) >= 11 is 0. The van der Waals surface area contributed by atoms with Crippen molar-refractivity contribution in [1.82, 2.24) is 4.90 Å². The van der Waals surface area contributed by atoms with Crippen LogP contribution in [-0.2, 0) is 11.2 Å². The normalized spacial score (nSPS) is 28.7. The van der Waals surface area contributed by atoms with Crippen LogP contribution in [0, 0.1) is 6.92 Å². The topological polar surface area (TPSA) is 32.7 Å². The highest BCUT2D eigenvalue weighted by Crippen LogP contribution is 2.27. The molecule has 1 aromatic rings. The van der Waals surface area contributed by atoms with E-state index in [2.05, 4.69) is 36.1 Å². The van der Waals surface area contributed by atoms with E-state index in [1.807, 2.05) is 0 Å². The van der Waals surface area contributed by atoms with Crippen molar-refractivity contribution < 1.29 is 9.84 Å². The standard InChI is InChI=1S/C18H27NO2/c1-14-4-6-15(7-5-14)13-17-18(20)3-2-10-19(17)16-8-11-21-12-9-16/h4-7,16-18,20H,2-3,8-13H2,1H3/t17-,18-/m0/s1.